The largest absolute Gasteiger partial charge is 0.371 e. The highest BCUT2D eigenvalue weighted by Crippen LogP contribution is 2.31. The van der Waals surface area contributed by atoms with Crippen LogP contribution in [0.5, 0.6) is 0 Å². The van der Waals surface area contributed by atoms with Crippen molar-refractivity contribution < 1.29 is 17.5 Å². The van der Waals surface area contributed by atoms with E-state index in [1.807, 2.05) is 13.1 Å². The Hall–Kier alpha value is -1.48. The molecule has 0 saturated carbocycles. The number of ether oxygens (including phenoxy) is 1. The molecule has 1 aliphatic heterocycles. The number of halogens is 2. The highest BCUT2D eigenvalue weighted by molar-refractivity contribution is 7.89. The van der Waals surface area contributed by atoms with Gasteiger partial charge in [0, 0.05) is 31.4 Å². The molecule has 130 valence electrons. The molecule has 0 unspecified atom stereocenters. The Morgan fingerprint density at radius 1 is 1.46 bits per heavy atom. The van der Waals surface area contributed by atoms with Crippen molar-refractivity contribution in [2.75, 3.05) is 19.7 Å². The molecule has 0 radical (unpaired) electrons. The minimum Gasteiger partial charge on any atom is -0.371 e. The first-order valence-corrected chi connectivity index (χ1v) is 9.33. The third-order valence-corrected chi connectivity index (χ3v) is 6.26. The minimum absolute atomic E-state index is 0.0857. The van der Waals surface area contributed by atoms with Crippen LogP contribution in [0, 0.1) is 5.82 Å². The molecule has 0 amide bonds. The molecule has 1 saturated heterocycles. The zero-order chi connectivity index (χ0) is 17.3. The zero-order valence-corrected chi connectivity index (χ0v) is 14.6. The Bertz CT molecular complexity index is 820. The van der Waals surface area contributed by atoms with E-state index in [9.17, 15) is 12.8 Å². The van der Waals surface area contributed by atoms with Crippen LogP contribution in [0.15, 0.2) is 35.5 Å². The van der Waals surface area contributed by atoms with Gasteiger partial charge in [0.15, 0.2) is 0 Å². The normalized spacial score (nSPS) is 19.5. The molecule has 2 aromatic rings. The molecule has 2 heterocycles. The smallest absolute Gasteiger partial charge is 0.247 e. The van der Waals surface area contributed by atoms with Gasteiger partial charge in [0.25, 0.3) is 0 Å². The lowest BCUT2D eigenvalue weighted by molar-refractivity contribution is -0.00265. The van der Waals surface area contributed by atoms with Gasteiger partial charge in [0.1, 0.15) is 10.7 Å². The van der Waals surface area contributed by atoms with Crippen LogP contribution in [0.2, 0.25) is 5.02 Å². The van der Waals surface area contributed by atoms with Crippen molar-refractivity contribution in [1.29, 1.82) is 0 Å². The summed E-state index contributed by atoms with van der Waals surface area (Å²) in [4.78, 5) is -0.489. The van der Waals surface area contributed by atoms with Crippen LogP contribution in [0.25, 0.3) is 0 Å². The fourth-order valence-corrected chi connectivity index (χ4v) is 4.61. The number of morpholine rings is 1. The lowest BCUT2D eigenvalue weighted by atomic mass is 10.2. The molecule has 0 spiro atoms. The number of rotatable bonds is 4. The van der Waals surface area contributed by atoms with Crippen molar-refractivity contribution in [2.24, 2.45) is 0 Å². The molecular weight excluding hydrogens is 357 g/mol. The van der Waals surface area contributed by atoms with Gasteiger partial charge in [-0.15, -0.1) is 0 Å². The number of hydrogen-bond donors (Lipinski definition) is 0. The number of sulfonamides is 1. The van der Waals surface area contributed by atoms with Crippen molar-refractivity contribution in [1.82, 2.24) is 14.1 Å². The molecule has 9 heteroatoms. The van der Waals surface area contributed by atoms with Crippen molar-refractivity contribution in [3.05, 3.63) is 47.0 Å². The molecule has 1 aliphatic rings. The van der Waals surface area contributed by atoms with E-state index in [0.717, 1.165) is 11.6 Å². The van der Waals surface area contributed by atoms with E-state index < -0.39 is 26.8 Å². The molecule has 3 rings (SSSR count). The van der Waals surface area contributed by atoms with E-state index >= 15 is 0 Å². The predicted octanol–water partition coefficient (Wildman–Crippen LogP) is 2.46. The first-order chi connectivity index (χ1) is 11.4. The molecule has 0 aliphatic carbocycles. The minimum atomic E-state index is -4.04. The van der Waals surface area contributed by atoms with Gasteiger partial charge in [-0.2, -0.15) is 9.40 Å². The maximum absolute atomic E-state index is 14.0. The molecule has 1 aromatic heterocycles. The average molecular weight is 374 g/mol. The monoisotopic (exact) mass is 373 g/mol. The summed E-state index contributed by atoms with van der Waals surface area (Å²) in [5.74, 6) is -0.857. The topological polar surface area (TPSA) is 64.4 Å². The second-order valence-corrected chi connectivity index (χ2v) is 7.68. The van der Waals surface area contributed by atoms with Crippen LogP contribution in [-0.4, -0.2) is 42.2 Å². The summed E-state index contributed by atoms with van der Waals surface area (Å²) in [5.41, 5.74) is 0.788. The average Bonchev–Trinajstić information content (AvgIpc) is 3.04. The summed E-state index contributed by atoms with van der Waals surface area (Å²) >= 11 is 5.92. The van der Waals surface area contributed by atoms with Crippen molar-refractivity contribution in [2.45, 2.75) is 24.5 Å². The number of aryl methyl sites for hydroxylation is 1. The SMILES string of the molecule is CCn1cc([C@H]2CN(S(=O)(=O)c3c(F)cccc3Cl)CCO2)cn1. The van der Waals surface area contributed by atoms with Crippen molar-refractivity contribution >= 4 is 21.6 Å². The molecule has 0 bridgehead atoms. The van der Waals surface area contributed by atoms with Crippen LogP contribution in [0.3, 0.4) is 0 Å². The molecule has 0 N–H and O–H groups in total. The van der Waals surface area contributed by atoms with Crippen LogP contribution in [-0.2, 0) is 21.3 Å². The second kappa shape index (κ2) is 6.79. The number of benzene rings is 1. The van der Waals surface area contributed by atoms with Crippen LogP contribution >= 0.6 is 11.6 Å². The van der Waals surface area contributed by atoms with Crippen LogP contribution < -0.4 is 0 Å². The van der Waals surface area contributed by atoms with E-state index in [1.54, 1.807) is 10.9 Å². The quantitative estimate of drug-likeness (QED) is 0.825. The van der Waals surface area contributed by atoms with Gasteiger partial charge in [0.05, 0.1) is 23.9 Å². The van der Waals surface area contributed by atoms with Gasteiger partial charge in [0.2, 0.25) is 10.0 Å². The standard InChI is InChI=1S/C15H17ClFN3O3S/c1-2-19-9-11(8-18-19)14-10-20(6-7-23-14)24(21,22)15-12(16)4-3-5-13(15)17/h3-5,8-9,14H,2,6-7,10H2,1H3/t14-/m1/s1. The molecule has 1 aromatic carbocycles. The van der Waals surface area contributed by atoms with E-state index in [0.29, 0.717) is 6.54 Å². The highest BCUT2D eigenvalue weighted by atomic mass is 35.5. The molecule has 1 fully saturated rings. The summed E-state index contributed by atoms with van der Waals surface area (Å²) in [6, 6.07) is 3.82. The van der Waals surface area contributed by atoms with Gasteiger partial charge in [-0.25, -0.2) is 12.8 Å². The fourth-order valence-electron chi connectivity index (χ4n) is 2.62. The first-order valence-electron chi connectivity index (χ1n) is 7.51. The fraction of sp³-hybridized carbons (Fsp3) is 0.400. The summed E-state index contributed by atoms with van der Waals surface area (Å²) in [5, 5.41) is 4.04. The maximum Gasteiger partial charge on any atom is 0.247 e. The van der Waals surface area contributed by atoms with Gasteiger partial charge in [-0.05, 0) is 19.1 Å². The number of aromatic nitrogens is 2. The lowest BCUT2D eigenvalue weighted by Crippen LogP contribution is -2.42. The van der Waals surface area contributed by atoms with Crippen molar-refractivity contribution in [3.63, 3.8) is 0 Å². The Balaban J connectivity index is 1.88. The maximum atomic E-state index is 14.0. The van der Waals surface area contributed by atoms with Gasteiger partial charge >= 0.3 is 0 Å². The van der Waals surface area contributed by atoms with Crippen molar-refractivity contribution in [3.8, 4) is 0 Å². The van der Waals surface area contributed by atoms with Gasteiger partial charge in [-0.3, -0.25) is 4.68 Å². The Labute approximate surface area is 144 Å². The van der Waals surface area contributed by atoms with E-state index in [1.165, 1.54) is 16.4 Å². The zero-order valence-electron chi connectivity index (χ0n) is 13.0. The van der Waals surface area contributed by atoms with Gasteiger partial charge in [-0.1, -0.05) is 17.7 Å². The molecule has 6 nitrogen and oxygen atoms in total. The Morgan fingerprint density at radius 2 is 2.25 bits per heavy atom. The summed E-state index contributed by atoms with van der Waals surface area (Å²) in [6.45, 7) is 3.11. The third-order valence-electron chi connectivity index (χ3n) is 3.89. The van der Waals surface area contributed by atoms with E-state index in [2.05, 4.69) is 5.10 Å². The summed E-state index contributed by atoms with van der Waals surface area (Å²) < 4.78 is 48.2. The molecular formula is C15H17ClFN3O3S. The van der Waals surface area contributed by atoms with E-state index in [4.69, 9.17) is 16.3 Å². The number of hydrogen-bond acceptors (Lipinski definition) is 4. The summed E-state index contributed by atoms with van der Waals surface area (Å²) in [7, 11) is -4.04. The Kier molecular flexibility index (Phi) is 4.91. The number of nitrogens with zero attached hydrogens (tertiary/aromatic N) is 3. The first kappa shape index (κ1) is 17.3. The van der Waals surface area contributed by atoms with Crippen LogP contribution in [0.1, 0.15) is 18.6 Å². The molecule has 1 atom stereocenters. The van der Waals surface area contributed by atoms with Crippen LogP contribution in [0.4, 0.5) is 4.39 Å². The third kappa shape index (κ3) is 3.19. The van der Waals surface area contributed by atoms with Gasteiger partial charge < -0.3 is 4.74 Å². The molecule has 24 heavy (non-hydrogen) atoms. The predicted molar refractivity (Wildman–Crippen MR) is 86.8 cm³/mol. The lowest BCUT2D eigenvalue weighted by Gasteiger charge is -2.32. The van der Waals surface area contributed by atoms with E-state index in [-0.39, 0.29) is 24.7 Å². The summed E-state index contributed by atoms with van der Waals surface area (Å²) in [6.07, 6.45) is 3.02. The second-order valence-electron chi connectivity index (χ2n) is 5.40. The Morgan fingerprint density at radius 3 is 2.92 bits per heavy atom. The highest BCUT2D eigenvalue weighted by Gasteiger charge is 2.35.